The van der Waals surface area contributed by atoms with Crippen molar-refractivity contribution in [3.63, 3.8) is 0 Å². The van der Waals surface area contributed by atoms with Crippen molar-refractivity contribution in [2.45, 2.75) is 47.5 Å². The van der Waals surface area contributed by atoms with E-state index in [0.29, 0.717) is 29.5 Å². The molecule has 0 aliphatic heterocycles. The molecule has 4 N–H and O–H groups in total. The molecule has 0 radical (unpaired) electrons. The van der Waals surface area contributed by atoms with Crippen LogP contribution >= 0.6 is 0 Å². The van der Waals surface area contributed by atoms with Gasteiger partial charge in [-0.15, -0.1) is 0 Å². The van der Waals surface area contributed by atoms with Crippen molar-refractivity contribution in [1.29, 1.82) is 0 Å². The van der Waals surface area contributed by atoms with Gasteiger partial charge in [0.15, 0.2) is 0 Å². The van der Waals surface area contributed by atoms with Gasteiger partial charge in [-0.25, -0.2) is 15.8 Å². The molecule has 0 saturated heterocycles. The monoisotopic (exact) mass is 279 g/mol. The zero-order valence-corrected chi connectivity index (χ0v) is 13.6. The lowest BCUT2D eigenvalue weighted by molar-refractivity contribution is 0.304. The van der Waals surface area contributed by atoms with Crippen molar-refractivity contribution < 1.29 is 0 Å². The lowest BCUT2D eigenvalue weighted by atomic mass is 9.85. The summed E-state index contributed by atoms with van der Waals surface area (Å²) in [4.78, 5) is 8.57. The Morgan fingerprint density at radius 3 is 2.00 bits per heavy atom. The summed E-state index contributed by atoms with van der Waals surface area (Å²) in [6, 6.07) is 0. The fraction of sp³-hybridized carbons (Fsp3) is 0.733. The minimum Gasteiger partial charge on any atom is -0.369 e. The van der Waals surface area contributed by atoms with Crippen molar-refractivity contribution in [3.8, 4) is 0 Å². The number of hydrogen-bond acceptors (Lipinski definition) is 5. The van der Waals surface area contributed by atoms with E-state index in [1.165, 1.54) is 0 Å². The topological polar surface area (TPSA) is 75.9 Å². The zero-order chi connectivity index (χ0) is 15.3. The van der Waals surface area contributed by atoms with Gasteiger partial charge in [-0.1, -0.05) is 41.5 Å². The molecule has 0 aromatic carbocycles. The minimum absolute atomic E-state index is 0.307. The van der Waals surface area contributed by atoms with Crippen LogP contribution in [0.1, 0.15) is 53.0 Å². The molecule has 0 spiro atoms. The van der Waals surface area contributed by atoms with Crippen molar-refractivity contribution in [3.05, 3.63) is 11.9 Å². The van der Waals surface area contributed by atoms with Gasteiger partial charge in [0.05, 0.1) is 0 Å². The Balaban J connectivity index is 2.92. The molecule has 114 valence electrons. The standard InChI is InChI=1S/C15H29N5/c1-9(2)12(10(3)4)7-17-14-13(11(5)6)15(20-16)19-8-18-14/h8-12H,7,16H2,1-6H3,(H2,17,18,19,20). The average molecular weight is 279 g/mol. The van der Waals surface area contributed by atoms with Crippen molar-refractivity contribution in [2.75, 3.05) is 17.3 Å². The van der Waals surface area contributed by atoms with E-state index in [4.69, 9.17) is 5.84 Å². The molecule has 0 aliphatic carbocycles. The van der Waals surface area contributed by atoms with Gasteiger partial charge in [0.1, 0.15) is 18.0 Å². The molecule has 0 fully saturated rings. The smallest absolute Gasteiger partial charge is 0.148 e. The van der Waals surface area contributed by atoms with Crippen LogP contribution in [-0.4, -0.2) is 16.5 Å². The number of anilines is 2. The molecular formula is C15H29N5. The minimum atomic E-state index is 0.307. The van der Waals surface area contributed by atoms with Gasteiger partial charge in [0.25, 0.3) is 0 Å². The number of nitrogens with one attached hydrogen (secondary N) is 2. The van der Waals surface area contributed by atoms with Gasteiger partial charge in [-0.05, 0) is 23.7 Å². The van der Waals surface area contributed by atoms with Crippen LogP contribution in [0.2, 0.25) is 0 Å². The summed E-state index contributed by atoms with van der Waals surface area (Å²) in [6.07, 6.45) is 1.54. The van der Waals surface area contributed by atoms with Crippen LogP contribution in [-0.2, 0) is 0 Å². The van der Waals surface area contributed by atoms with Crippen LogP contribution < -0.4 is 16.6 Å². The van der Waals surface area contributed by atoms with Gasteiger partial charge in [0.2, 0.25) is 0 Å². The first-order chi connectivity index (χ1) is 9.38. The molecule has 20 heavy (non-hydrogen) atoms. The number of hydrazine groups is 1. The summed E-state index contributed by atoms with van der Waals surface area (Å²) in [5.41, 5.74) is 3.70. The van der Waals surface area contributed by atoms with Gasteiger partial charge in [-0.2, -0.15) is 0 Å². The van der Waals surface area contributed by atoms with E-state index in [9.17, 15) is 0 Å². The van der Waals surface area contributed by atoms with Gasteiger partial charge < -0.3 is 10.7 Å². The van der Waals surface area contributed by atoms with Crippen LogP contribution in [0.5, 0.6) is 0 Å². The lowest BCUT2D eigenvalue weighted by Crippen LogP contribution is -2.25. The van der Waals surface area contributed by atoms with E-state index in [1.807, 2.05) is 0 Å². The van der Waals surface area contributed by atoms with Gasteiger partial charge in [-0.3, -0.25) is 0 Å². The fourth-order valence-corrected chi connectivity index (χ4v) is 2.65. The van der Waals surface area contributed by atoms with Crippen LogP contribution in [0.4, 0.5) is 11.6 Å². The second-order valence-corrected chi connectivity index (χ2v) is 6.32. The number of nitrogen functional groups attached to an aromatic ring is 1. The highest BCUT2D eigenvalue weighted by molar-refractivity contribution is 5.58. The Hall–Kier alpha value is -1.36. The summed E-state index contributed by atoms with van der Waals surface area (Å²) < 4.78 is 0. The summed E-state index contributed by atoms with van der Waals surface area (Å²) in [6.45, 7) is 14.2. The first kappa shape index (κ1) is 16.7. The molecule has 0 bridgehead atoms. The predicted molar refractivity (Wildman–Crippen MR) is 85.6 cm³/mol. The Morgan fingerprint density at radius 2 is 1.55 bits per heavy atom. The summed E-state index contributed by atoms with van der Waals surface area (Å²) in [5.74, 6) is 9.32. The molecule has 0 saturated carbocycles. The van der Waals surface area contributed by atoms with E-state index in [-0.39, 0.29) is 0 Å². The third-order valence-electron chi connectivity index (χ3n) is 3.82. The Kier molecular flexibility index (Phi) is 6.20. The first-order valence-electron chi connectivity index (χ1n) is 7.43. The largest absolute Gasteiger partial charge is 0.369 e. The highest BCUT2D eigenvalue weighted by Gasteiger charge is 2.19. The maximum atomic E-state index is 5.54. The van der Waals surface area contributed by atoms with E-state index in [1.54, 1.807) is 6.33 Å². The zero-order valence-electron chi connectivity index (χ0n) is 13.6. The molecule has 1 rings (SSSR count). The van der Waals surface area contributed by atoms with Crippen molar-refractivity contribution >= 4 is 11.6 Å². The number of hydrogen-bond donors (Lipinski definition) is 3. The average Bonchev–Trinajstić information content (AvgIpc) is 2.37. The summed E-state index contributed by atoms with van der Waals surface area (Å²) >= 11 is 0. The molecule has 1 aromatic rings. The Morgan fingerprint density at radius 1 is 1.00 bits per heavy atom. The molecule has 1 aromatic heterocycles. The number of nitrogens with zero attached hydrogens (tertiary/aromatic N) is 2. The Labute approximate surface area is 122 Å². The normalized spacial score (nSPS) is 11.8. The van der Waals surface area contributed by atoms with Crippen LogP contribution in [0, 0.1) is 17.8 Å². The number of aromatic nitrogens is 2. The van der Waals surface area contributed by atoms with E-state index >= 15 is 0 Å². The second-order valence-electron chi connectivity index (χ2n) is 6.32. The highest BCUT2D eigenvalue weighted by atomic mass is 15.3. The second kappa shape index (κ2) is 7.43. The van der Waals surface area contributed by atoms with Crippen molar-refractivity contribution in [1.82, 2.24) is 9.97 Å². The van der Waals surface area contributed by atoms with Crippen molar-refractivity contribution in [2.24, 2.45) is 23.6 Å². The first-order valence-corrected chi connectivity index (χ1v) is 7.43. The molecule has 5 heteroatoms. The molecular weight excluding hydrogens is 250 g/mol. The third kappa shape index (κ3) is 4.07. The summed E-state index contributed by atoms with van der Waals surface area (Å²) in [7, 11) is 0. The Bertz CT molecular complexity index is 407. The van der Waals surface area contributed by atoms with Crippen LogP contribution in [0.15, 0.2) is 6.33 Å². The maximum Gasteiger partial charge on any atom is 0.148 e. The number of rotatable bonds is 7. The van der Waals surface area contributed by atoms with Crippen LogP contribution in [0.3, 0.4) is 0 Å². The van der Waals surface area contributed by atoms with E-state index in [2.05, 4.69) is 62.3 Å². The summed E-state index contributed by atoms with van der Waals surface area (Å²) in [5, 5.41) is 3.49. The van der Waals surface area contributed by atoms with Crippen LogP contribution in [0.25, 0.3) is 0 Å². The van der Waals surface area contributed by atoms with Gasteiger partial charge in [0, 0.05) is 12.1 Å². The predicted octanol–water partition coefficient (Wildman–Crippen LogP) is 3.23. The van der Waals surface area contributed by atoms with Gasteiger partial charge >= 0.3 is 0 Å². The number of nitrogens with two attached hydrogens (primary N) is 1. The van der Waals surface area contributed by atoms with E-state index in [0.717, 1.165) is 17.9 Å². The quantitative estimate of drug-likeness (QED) is 0.528. The molecule has 0 amide bonds. The fourth-order valence-electron chi connectivity index (χ4n) is 2.65. The highest BCUT2D eigenvalue weighted by Crippen LogP contribution is 2.29. The SMILES string of the molecule is CC(C)c1c(NN)ncnc1NCC(C(C)C)C(C)C. The molecule has 0 atom stereocenters. The van der Waals surface area contributed by atoms with E-state index < -0.39 is 0 Å². The molecule has 5 nitrogen and oxygen atoms in total. The molecule has 0 unspecified atom stereocenters. The maximum absolute atomic E-state index is 5.54. The molecule has 1 heterocycles. The third-order valence-corrected chi connectivity index (χ3v) is 3.82. The molecule has 0 aliphatic rings. The lowest BCUT2D eigenvalue weighted by Gasteiger charge is -2.26.